The molecule has 140 valence electrons. The van der Waals surface area contributed by atoms with E-state index in [1.165, 1.54) is 37.9 Å². The minimum absolute atomic E-state index is 1.31. The van der Waals surface area contributed by atoms with Gasteiger partial charge in [0.05, 0.1) is 0 Å². The van der Waals surface area contributed by atoms with E-state index in [9.17, 15) is 0 Å². The lowest BCUT2D eigenvalue weighted by atomic mass is 10.0. The standard InChI is InChI=1S/C14H10.C11H10.C2H6S/c1-2-6-12-10-14-8-4-3-7-13(14)9-11(12)5-1;1-9-5-4-7-10-6-2-3-8-11(9)10;1-3-2/h1-10H;2-8H,1H3;1-2H3. The van der Waals surface area contributed by atoms with E-state index in [2.05, 4.69) is 110 Å². The molecule has 0 aromatic heterocycles. The van der Waals surface area contributed by atoms with E-state index in [0.717, 1.165) is 0 Å². The van der Waals surface area contributed by atoms with Crippen molar-refractivity contribution in [3.63, 3.8) is 0 Å². The van der Waals surface area contributed by atoms with Gasteiger partial charge in [-0.15, -0.1) is 0 Å². The third kappa shape index (κ3) is 4.94. The van der Waals surface area contributed by atoms with Crippen LogP contribution in [0.25, 0.3) is 32.3 Å². The topological polar surface area (TPSA) is 0 Å². The number of thioether (sulfide) groups is 1. The Kier molecular flexibility index (Phi) is 7.11. The molecule has 0 aliphatic rings. The molecule has 0 aliphatic heterocycles. The third-order valence-corrected chi connectivity index (χ3v) is 4.62. The van der Waals surface area contributed by atoms with Crippen LogP contribution in [-0.4, -0.2) is 12.5 Å². The lowest BCUT2D eigenvalue weighted by Gasteiger charge is -2.00. The van der Waals surface area contributed by atoms with E-state index in [1.54, 1.807) is 11.8 Å². The summed E-state index contributed by atoms with van der Waals surface area (Å²) >= 11 is 1.75. The molecule has 0 saturated heterocycles. The van der Waals surface area contributed by atoms with Crippen LogP contribution in [-0.2, 0) is 0 Å². The Hall–Kier alpha value is -2.77. The second-order valence-corrected chi connectivity index (χ2v) is 7.57. The summed E-state index contributed by atoms with van der Waals surface area (Å²) in [6, 6.07) is 36.2. The Morgan fingerprint density at radius 1 is 0.464 bits per heavy atom. The Balaban J connectivity index is 0.000000145. The average molecular weight is 383 g/mol. The first-order valence-electron chi connectivity index (χ1n) is 9.45. The van der Waals surface area contributed by atoms with Gasteiger partial charge >= 0.3 is 0 Å². The highest BCUT2D eigenvalue weighted by atomic mass is 32.2. The fourth-order valence-electron chi connectivity index (χ4n) is 3.27. The van der Waals surface area contributed by atoms with Crippen LogP contribution in [0.4, 0.5) is 0 Å². The summed E-state index contributed by atoms with van der Waals surface area (Å²) in [6.45, 7) is 2.14. The normalized spacial score (nSPS) is 10.1. The Morgan fingerprint density at radius 3 is 1.25 bits per heavy atom. The lowest BCUT2D eigenvalue weighted by Crippen LogP contribution is -1.75. The van der Waals surface area contributed by atoms with Crippen LogP contribution in [0.5, 0.6) is 0 Å². The van der Waals surface area contributed by atoms with Crippen LogP contribution in [0.1, 0.15) is 5.56 Å². The van der Waals surface area contributed by atoms with Gasteiger partial charge in [-0.3, -0.25) is 0 Å². The van der Waals surface area contributed by atoms with Gasteiger partial charge in [-0.2, -0.15) is 11.8 Å². The molecule has 0 radical (unpaired) electrons. The van der Waals surface area contributed by atoms with E-state index in [4.69, 9.17) is 0 Å². The highest BCUT2D eigenvalue weighted by molar-refractivity contribution is 7.97. The van der Waals surface area contributed by atoms with Crippen LogP contribution in [0.15, 0.2) is 103 Å². The van der Waals surface area contributed by atoms with E-state index in [0.29, 0.717) is 0 Å². The molecule has 5 rings (SSSR count). The van der Waals surface area contributed by atoms with E-state index < -0.39 is 0 Å². The number of hydrogen-bond acceptors (Lipinski definition) is 1. The van der Waals surface area contributed by atoms with Crippen molar-refractivity contribution in [2.45, 2.75) is 6.92 Å². The van der Waals surface area contributed by atoms with Gasteiger partial charge in [0.1, 0.15) is 0 Å². The van der Waals surface area contributed by atoms with Crippen LogP contribution in [0.2, 0.25) is 0 Å². The van der Waals surface area contributed by atoms with Crippen molar-refractivity contribution in [2.24, 2.45) is 0 Å². The van der Waals surface area contributed by atoms with Crippen molar-refractivity contribution >= 4 is 44.1 Å². The van der Waals surface area contributed by atoms with Gasteiger partial charge in [0, 0.05) is 0 Å². The monoisotopic (exact) mass is 382 g/mol. The Morgan fingerprint density at radius 2 is 0.821 bits per heavy atom. The molecule has 0 spiro atoms. The fourth-order valence-corrected chi connectivity index (χ4v) is 3.27. The first-order valence-corrected chi connectivity index (χ1v) is 11.1. The van der Waals surface area contributed by atoms with Crippen molar-refractivity contribution in [2.75, 3.05) is 12.5 Å². The number of benzene rings is 5. The number of rotatable bonds is 0. The van der Waals surface area contributed by atoms with Gasteiger partial charge < -0.3 is 0 Å². The van der Waals surface area contributed by atoms with Crippen molar-refractivity contribution in [3.05, 3.63) is 109 Å². The van der Waals surface area contributed by atoms with Crippen molar-refractivity contribution in [1.82, 2.24) is 0 Å². The van der Waals surface area contributed by atoms with E-state index >= 15 is 0 Å². The minimum atomic E-state index is 1.31. The summed E-state index contributed by atoms with van der Waals surface area (Å²) in [5, 5.41) is 7.93. The Bertz CT molecular complexity index is 1060. The summed E-state index contributed by atoms with van der Waals surface area (Å²) in [4.78, 5) is 0. The molecule has 0 heterocycles. The number of aryl methyl sites for hydroxylation is 1. The number of fused-ring (bicyclic) bond motifs is 3. The third-order valence-electron chi connectivity index (χ3n) is 4.62. The minimum Gasteiger partial charge on any atom is -0.169 e. The SMILES string of the molecule is CSC.Cc1cccc2ccccc12.c1ccc2cc3ccccc3cc2c1. The molecule has 0 saturated carbocycles. The molecule has 0 N–H and O–H groups in total. The number of hydrogen-bond donors (Lipinski definition) is 0. The molecular weight excluding hydrogens is 356 g/mol. The van der Waals surface area contributed by atoms with Crippen molar-refractivity contribution in [3.8, 4) is 0 Å². The zero-order valence-electron chi connectivity index (χ0n) is 16.7. The van der Waals surface area contributed by atoms with Crippen LogP contribution < -0.4 is 0 Å². The smallest absolute Gasteiger partial charge is 0.0155 e. The van der Waals surface area contributed by atoms with Crippen molar-refractivity contribution < 1.29 is 0 Å². The lowest BCUT2D eigenvalue weighted by molar-refractivity contribution is 1.53. The molecule has 0 amide bonds. The maximum Gasteiger partial charge on any atom is -0.0155 e. The highest BCUT2D eigenvalue weighted by Crippen LogP contribution is 2.22. The predicted molar refractivity (Wildman–Crippen MR) is 130 cm³/mol. The molecule has 0 fully saturated rings. The zero-order valence-corrected chi connectivity index (χ0v) is 17.5. The summed E-state index contributed by atoms with van der Waals surface area (Å²) < 4.78 is 0. The van der Waals surface area contributed by atoms with Crippen LogP contribution in [0.3, 0.4) is 0 Å². The molecule has 0 unspecified atom stereocenters. The van der Waals surface area contributed by atoms with Gasteiger partial charge in [0.25, 0.3) is 0 Å². The average Bonchev–Trinajstić information content (AvgIpc) is 2.74. The first-order chi connectivity index (χ1) is 13.7. The summed E-state index contributed by atoms with van der Waals surface area (Å²) in [7, 11) is 0. The van der Waals surface area contributed by atoms with E-state index in [-0.39, 0.29) is 0 Å². The quantitative estimate of drug-likeness (QED) is 0.244. The molecule has 5 aromatic rings. The van der Waals surface area contributed by atoms with Crippen LogP contribution in [0, 0.1) is 6.92 Å². The molecular formula is C27H26S. The van der Waals surface area contributed by atoms with Gasteiger partial charge in [-0.25, -0.2) is 0 Å². The van der Waals surface area contributed by atoms with Gasteiger partial charge in [0.15, 0.2) is 0 Å². The second kappa shape index (κ2) is 9.96. The summed E-state index contributed by atoms with van der Waals surface area (Å²) in [5.41, 5.74) is 1.35. The largest absolute Gasteiger partial charge is 0.169 e. The zero-order chi connectivity index (χ0) is 19.8. The van der Waals surface area contributed by atoms with E-state index in [1.807, 2.05) is 12.5 Å². The molecule has 0 bridgehead atoms. The first kappa shape index (κ1) is 20.0. The van der Waals surface area contributed by atoms with Crippen molar-refractivity contribution in [1.29, 1.82) is 0 Å². The molecule has 0 nitrogen and oxygen atoms in total. The summed E-state index contributed by atoms with van der Waals surface area (Å²) in [5.74, 6) is 0. The summed E-state index contributed by atoms with van der Waals surface area (Å²) in [6.07, 6.45) is 4.08. The molecule has 5 aromatic carbocycles. The second-order valence-electron chi connectivity index (χ2n) is 6.75. The maximum absolute atomic E-state index is 2.24. The predicted octanol–water partition coefficient (Wildman–Crippen LogP) is 8.12. The van der Waals surface area contributed by atoms with Crippen LogP contribution >= 0.6 is 11.8 Å². The fraction of sp³-hybridized carbons (Fsp3) is 0.111. The van der Waals surface area contributed by atoms with Gasteiger partial charge in [-0.05, 0) is 69.4 Å². The Labute approximate surface area is 172 Å². The molecule has 0 aliphatic carbocycles. The molecule has 0 atom stereocenters. The van der Waals surface area contributed by atoms with Gasteiger partial charge in [-0.1, -0.05) is 91.0 Å². The highest BCUT2D eigenvalue weighted by Gasteiger charge is 1.95. The molecule has 28 heavy (non-hydrogen) atoms. The van der Waals surface area contributed by atoms with Gasteiger partial charge in [0.2, 0.25) is 0 Å². The molecule has 1 heteroatoms. The maximum atomic E-state index is 2.24.